The van der Waals surface area contributed by atoms with E-state index in [1.165, 1.54) is 11.3 Å². The molecule has 0 unspecified atom stereocenters. The molecule has 0 bridgehead atoms. The Labute approximate surface area is 98.2 Å². The van der Waals surface area contributed by atoms with Crippen molar-refractivity contribution in [2.45, 2.75) is 6.92 Å². The fourth-order valence-electron chi connectivity index (χ4n) is 1.29. The number of aromatic nitrogens is 1. The van der Waals surface area contributed by atoms with E-state index in [1.54, 1.807) is 12.1 Å². The molecule has 0 aliphatic heterocycles. The minimum absolute atomic E-state index is 0.153. The maximum Gasteiger partial charge on any atom is 0.257 e. The smallest absolute Gasteiger partial charge is 0.257 e. The quantitative estimate of drug-likeness (QED) is 0.863. The predicted molar refractivity (Wildman–Crippen MR) is 65.7 cm³/mol. The molecule has 4 heteroatoms. The average Bonchev–Trinajstić information content (AvgIpc) is 2.64. The minimum Gasteiger partial charge on any atom is -0.298 e. The first-order chi connectivity index (χ1) is 7.65. The normalized spacial score (nSPS) is 10.1. The maximum atomic E-state index is 11.8. The van der Waals surface area contributed by atoms with Gasteiger partial charge in [-0.1, -0.05) is 12.1 Å². The Morgan fingerprint density at radius 2 is 2.31 bits per heavy atom. The summed E-state index contributed by atoms with van der Waals surface area (Å²) in [5.41, 5.74) is 2.33. The second-order valence-electron chi connectivity index (χ2n) is 3.45. The third kappa shape index (κ3) is 2.46. The van der Waals surface area contributed by atoms with Gasteiger partial charge in [0.05, 0.1) is 5.69 Å². The van der Waals surface area contributed by atoms with Crippen LogP contribution in [-0.2, 0) is 0 Å². The number of nitrogens with one attached hydrogen (secondary N) is 1. The monoisotopic (exact) mass is 231 g/mol. The molecule has 1 aromatic heterocycles. The number of carbonyl (C=O) groups is 1. The van der Waals surface area contributed by atoms with Gasteiger partial charge in [-0.3, -0.25) is 10.1 Å². The van der Waals surface area contributed by atoms with E-state index in [1.807, 2.05) is 24.4 Å². The van der Waals surface area contributed by atoms with Gasteiger partial charge in [0.1, 0.15) is 0 Å². The number of benzene rings is 1. The second kappa shape index (κ2) is 4.45. The molecule has 1 amide bonds. The van der Waals surface area contributed by atoms with E-state index in [2.05, 4.69) is 17.2 Å². The van der Waals surface area contributed by atoms with E-state index in [9.17, 15) is 4.79 Å². The number of carbonyl (C=O) groups excluding carboxylic acids is 1. The van der Waals surface area contributed by atoms with Crippen molar-refractivity contribution < 1.29 is 4.79 Å². The Kier molecular flexibility index (Phi) is 3.01. The fourth-order valence-corrected chi connectivity index (χ4v) is 1.98. The van der Waals surface area contributed by atoms with Crippen LogP contribution in [0.2, 0.25) is 0 Å². The summed E-state index contributed by atoms with van der Waals surface area (Å²) in [5, 5.41) is 5.27. The van der Waals surface area contributed by atoms with Crippen LogP contribution >= 0.6 is 11.3 Å². The molecule has 1 N–H and O–H groups in total. The van der Waals surface area contributed by atoms with Crippen LogP contribution in [0.5, 0.6) is 0 Å². The number of aryl methyl sites for hydroxylation is 1. The molecule has 0 fully saturated rings. The number of anilines is 1. The van der Waals surface area contributed by atoms with Crippen molar-refractivity contribution in [2.75, 3.05) is 5.32 Å². The van der Waals surface area contributed by atoms with Crippen LogP contribution < -0.4 is 5.32 Å². The molecule has 0 saturated heterocycles. The SMILES string of the molecule is [CH2]c1cccc(C(=O)Nc2nc(C)cs2)c1. The Balaban J connectivity index is 2.14. The first-order valence-electron chi connectivity index (χ1n) is 4.80. The van der Waals surface area contributed by atoms with E-state index in [4.69, 9.17) is 0 Å². The van der Waals surface area contributed by atoms with Crippen molar-refractivity contribution in [3.63, 3.8) is 0 Å². The van der Waals surface area contributed by atoms with Crippen LogP contribution in [-0.4, -0.2) is 10.9 Å². The highest BCUT2D eigenvalue weighted by molar-refractivity contribution is 7.13. The molecule has 16 heavy (non-hydrogen) atoms. The molecule has 0 aliphatic rings. The van der Waals surface area contributed by atoms with Gasteiger partial charge in [-0.2, -0.15) is 0 Å². The number of rotatable bonds is 2. The number of hydrogen-bond acceptors (Lipinski definition) is 3. The second-order valence-corrected chi connectivity index (χ2v) is 4.31. The van der Waals surface area contributed by atoms with E-state index >= 15 is 0 Å². The van der Waals surface area contributed by atoms with Crippen molar-refractivity contribution in [3.8, 4) is 0 Å². The molecule has 81 valence electrons. The highest BCUT2D eigenvalue weighted by Crippen LogP contribution is 2.15. The van der Waals surface area contributed by atoms with Crippen molar-refractivity contribution in [1.82, 2.24) is 4.98 Å². The van der Waals surface area contributed by atoms with Crippen molar-refractivity contribution in [1.29, 1.82) is 0 Å². The van der Waals surface area contributed by atoms with Gasteiger partial charge in [0.15, 0.2) is 5.13 Å². The van der Waals surface area contributed by atoms with Gasteiger partial charge in [0.25, 0.3) is 5.91 Å². The first-order valence-corrected chi connectivity index (χ1v) is 5.68. The standard InChI is InChI=1S/C12H11N2OS/c1-8-4-3-5-10(6-8)11(15)14-12-13-9(2)7-16-12/h3-7H,1H2,2H3,(H,13,14,15). The van der Waals surface area contributed by atoms with Crippen LogP contribution in [0.4, 0.5) is 5.13 Å². The topological polar surface area (TPSA) is 42.0 Å². The summed E-state index contributed by atoms with van der Waals surface area (Å²) in [6.45, 7) is 5.67. The van der Waals surface area contributed by atoms with Crippen molar-refractivity contribution in [2.24, 2.45) is 0 Å². The molecule has 0 saturated carbocycles. The molecule has 3 nitrogen and oxygen atoms in total. The van der Waals surface area contributed by atoms with E-state index in [0.717, 1.165) is 11.3 Å². The van der Waals surface area contributed by atoms with Gasteiger partial charge >= 0.3 is 0 Å². The Morgan fingerprint density at radius 1 is 1.50 bits per heavy atom. The Hall–Kier alpha value is -1.68. The lowest BCUT2D eigenvalue weighted by atomic mass is 10.1. The summed E-state index contributed by atoms with van der Waals surface area (Å²) in [7, 11) is 0. The molecular weight excluding hydrogens is 220 g/mol. The largest absolute Gasteiger partial charge is 0.298 e. The van der Waals surface area contributed by atoms with E-state index < -0.39 is 0 Å². The molecule has 0 atom stereocenters. The first kappa shape index (κ1) is 10.8. The summed E-state index contributed by atoms with van der Waals surface area (Å²) in [6, 6.07) is 7.16. The lowest BCUT2D eigenvalue weighted by molar-refractivity contribution is 0.102. The van der Waals surface area contributed by atoms with Crippen molar-refractivity contribution >= 4 is 22.4 Å². The number of nitrogens with zero attached hydrogens (tertiary/aromatic N) is 1. The zero-order chi connectivity index (χ0) is 11.5. The van der Waals surface area contributed by atoms with Crippen LogP contribution in [0.15, 0.2) is 29.6 Å². The molecule has 2 aromatic rings. The van der Waals surface area contributed by atoms with Crippen molar-refractivity contribution in [3.05, 3.63) is 53.4 Å². The van der Waals surface area contributed by atoms with Gasteiger partial charge < -0.3 is 0 Å². The van der Waals surface area contributed by atoms with Crippen LogP contribution in [0, 0.1) is 13.8 Å². The lowest BCUT2D eigenvalue weighted by Crippen LogP contribution is -2.11. The van der Waals surface area contributed by atoms with Gasteiger partial charge in [-0.05, 0) is 31.5 Å². The molecule has 0 spiro atoms. The van der Waals surface area contributed by atoms with Crippen LogP contribution in [0.3, 0.4) is 0 Å². The molecule has 1 aromatic carbocycles. The summed E-state index contributed by atoms with van der Waals surface area (Å²) < 4.78 is 0. The third-order valence-electron chi connectivity index (χ3n) is 2.03. The average molecular weight is 231 g/mol. The number of amides is 1. The molecule has 1 heterocycles. The summed E-state index contributed by atoms with van der Waals surface area (Å²) >= 11 is 1.42. The van der Waals surface area contributed by atoms with Gasteiger partial charge in [-0.25, -0.2) is 4.98 Å². The van der Waals surface area contributed by atoms with E-state index in [0.29, 0.717) is 10.7 Å². The minimum atomic E-state index is -0.153. The van der Waals surface area contributed by atoms with Crippen LogP contribution in [0.25, 0.3) is 0 Å². The highest BCUT2D eigenvalue weighted by atomic mass is 32.1. The maximum absolute atomic E-state index is 11.8. The van der Waals surface area contributed by atoms with Crippen LogP contribution in [0.1, 0.15) is 21.6 Å². The Morgan fingerprint density at radius 3 is 2.94 bits per heavy atom. The van der Waals surface area contributed by atoms with Gasteiger partial charge in [0, 0.05) is 10.9 Å². The van der Waals surface area contributed by atoms with Gasteiger partial charge in [-0.15, -0.1) is 11.3 Å². The highest BCUT2D eigenvalue weighted by Gasteiger charge is 2.07. The third-order valence-corrected chi connectivity index (χ3v) is 2.90. The fraction of sp³-hybridized carbons (Fsp3) is 0.0833. The molecular formula is C12H11N2OS. The predicted octanol–water partition coefficient (Wildman–Crippen LogP) is 2.89. The number of hydrogen-bond donors (Lipinski definition) is 1. The zero-order valence-corrected chi connectivity index (χ0v) is 9.67. The zero-order valence-electron chi connectivity index (χ0n) is 8.86. The molecule has 2 rings (SSSR count). The van der Waals surface area contributed by atoms with E-state index in [-0.39, 0.29) is 5.91 Å². The summed E-state index contributed by atoms with van der Waals surface area (Å²) in [5.74, 6) is -0.153. The van der Waals surface area contributed by atoms with Gasteiger partial charge in [0.2, 0.25) is 0 Å². The lowest BCUT2D eigenvalue weighted by Gasteiger charge is -2.02. The summed E-state index contributed by atoms with van der Waals surface area (Å²) in [6.07, 6.45) is 0. The number of thiazole rings is 1. The molecule has 1 radical (unpaired) electrons. The molecule has 0 aliphatic carbocycles. The summed E-state index contributed by atoms with van der Waals surface area (Å²) in [4.78, 5) is 16.0. The Bertz CT molecular complexity index is 519.